The molecule has 7 nitrogen and oxygen atoms in total. The van der Waals surface area contributed by atoms with E-state index in [0.29, 0.717) is 11.6 Å². The number of para-hydroxylation sites is 3. The number of aryl methyl sites for hydroxylation is 1. The van der Waals surface area contributed by atoms with Gasteiger partial charge in [-0.25, -0.2) is 4.98 Å². The Morgan fingerprint density at radius 2 is 1.62 bits per heavy atom. The first-order valence-electron chi connectivity index (χ1n) is 11.6. The van der Waals surface area contributed by atoms with Crippen LogP contribution in [0.15, 0.2) is 85.3 Å². The predicted molar refractivity (Wildman–Crippen MR) is 141 cm³/mol. The summed E-state index contributed by atoms with van der Waals surface area (Å²) in [4.78, 5) is 13.2. The van der Waals surface area contributed by atoms with Crippen molar-refractivity contribution in [1.82, 2.24) is 19.1 Å². The molecule has 0 aliphatic carbocycles. The molecule has 1 aliphatic rings. The molecule has 8 heteroatoms. The summed E-state index contributed by atoms with van der Waals surface area (Å²) in [5, 5.41) is 2.22. The Balaban J connectivity index is 0.00000252. The van der Waals surface area contributed by atoms with Gasteiger partial charge in [-0.3, -0.25) is 4.98 Å². The Kier molecular flexibility index (Phi) is 5.73. The van der Waals surface area contributed by atoms with Crippen LogP contribution in [0.25, 0.3) is 27.8 Å². The van der Waals surface area contributed by atoms with Crippen LogP contribution in [0.5, 0.6) is 11.6 Å². The molecule has 0 amide bonds. The molecule has 0 N–H and O–H groups in total. The Morgan fingerprint density at radius 1 is 0.811 bits per heavy atom. The molecule has 0 atom stereocenters. The smallest absolute Gasteiger partial charge is 0.212 e. The molecule has 0 fully saturated rings. The third-order valence-electron chi connectivity index (χ3n) is 6.49. The first-order valence-corrected chi connectivity index (χ1v) is 11.6. The number of anilines is 3. The van der Waals surface area contributed by atoms with Crippen LogP contribution in [0.3, 0.4) is 0 Å². The van der Waals surface area contributed by atoms with E-state index in [9.17, 15) is 0 Å². The Hall–Kier alpha value is -4.09. The minimum atomic E-state index is 0. The fourth-order valence-corrected chi connectivity index (χ4v) is 4.83. The number of pyridine rings is 1. The van der Waals surface area contributed by atoms with Gasteiger partial charge >= 0.3 is 0 Å². The van der Waals surface area contributed by atoms with Crippen molar-refractivity contribution in [3.05, 3.63) is 104 Å². The summed E-state index contributed by atoms with van der Waals surface area (Å²) in [5.41, 5.74) is 5.02. The number of rotatable bonds is 4. The zero-order valence-corrected chi connectivity index (χ0v) is 22.3. The molecule has 186 valence electrons. The second-order valence-corrected chi connectivity index (χ2v) is 8.72. The molecular formula is C29H21N6OPt-3. The zero-order valence-electron chi connectivity index (χ0n) is 20.1. The van der Waals surface area contributed by atoms with Crippen LogP contribution in [0, 0.1) is 18.8 Å². The zero-order chi connectivity index (χ0) is 24.2. The van der Waals surface area contributed by atoms with Crippen molar-refractivity contribution in [2.45, 2.75) is 0 Å². The average molecular weight is 665 g/mol. The van der Waals surface area contributed by atoms with Crippen molar-refractivity contribution in [1.29, 1.82) is 0 Å². The van der Waals surface area contributed by atoms with Crippen molar-refractivity contribution < 1.29 is 25.8 Å². The maximum atomic E-state index is 6.18. The van der Waals surface area contributed by atoms with Crippen LogP contribution in [0.2, 0.25) is 0 Å². The SMILES string of the molecule is CN1[CH-]N(c2[c-]c(Oc3[c-]c4c(cc3)c3ccccc3n4-c3nccn3C)ncc2)c2ccccc21.[Pt]. The monoisotopic (exact) mass is 664 g/mol. The second kappa shape index (κ2) is 9.09. The van der Waals surface area contributed by atoms with Gasteiger partial charge in [0.25, 0.3) is 0 Å². The van der Waals surface area contributed by atoms with E-state index < -0.39 is 0 Å². The normalized spacial score (nSPS) is 12.7. The summed E-state index contributed by atoms with van der Waals surface area (Å²) in [7, 11) is 4.01. The van der Waals surface area contributed by atoms with Gasteiger partial charge in [-0.1, -0.05) is 35.8 Å². The molecule has 0 bridgehead atoms. The molecule has 7 rings (SSSR count). The topological polar surface area (TPSA) is 51.4 Å². The molecule has 4 heterocycles. The number of benzene rings is 3. The average Bonchev–Trinajstić information content (AvgIpc) is 3.57. The molecule has 3 aromatic carbocycles. The van der Waals surface area contributed by atoms with Crippen LogP contribution >= 0.6 is 0 Å². The fraction of sp³-hybridized carbons (Fsp3) is 0.0690. The Morgan fingerprint density at radius 3 is 2.46 bits per heavy atom. The maximum absolute atomic E-state index is 6.18. The molecule has 0 saturated heterocycles. The summed E-state index contributed by atoms with van der Waals surface area (Å²) >= 11 is 0. The number of hydrogen-bond acceptors (Lipinski definition) is 5. The van der Waals surface area contributed by atoms with E-state index in [1.807, 2.05) is 67.9 Å². The Labute approximate surface area is 228 Å². The number of fused-ring (bicyclic) bond motifs is 4. The van der Waals surface area contributed by atoms with Crippen LogP contribution in [0.4, 0.5) is 17.1 Å². The molecule has 3 aromatic heterocycles. The summed E-state index contributed by atoms with van der Waals surface area (Å²) in [6, 6.07) is 29.2. The van der Waals surface area contributed by atoms with E-state index in [1.54, 1.807) is 12.4 Å². The fourth-order valence-electron chi connectivity index (χ4n) is 4.83. The van der Waals surface area contributed by atoms with E-state index in [-0.39, 0.29) is 21.1 Å². The number of nitrogens with zero attached hydrogens (tertiary/aromatic N) is 6. The minimum absolute atomic E-state index is 0. The number of hydrogen-bond donors (Lipinski definition) is 0. The molecule has 6 aromatic rings. The number of aromatic nitrogens is 4. The van der Waals surface area contributed by atoms with E-state index in [4.69, 9.17) is 4.74 Å². The first kappa shape index (κ1) is 23.3. The number of ether oxygens (including phenoxy) is 1. The van der Waals surface area contributed by atoms with Crippen molar-refractivity contribution in [3.63, 3.8) is 0 Å². The van der Waals surface area contributed by atoms with Crippen molar-refractivity contribution in [2.75, 3.05) is 16.8 Å². The van der Waals surface area contributed by atoms with Crippen molar-refractivity contribution in [3.8, 4) is 17.6 Å². The summed E-state index contributed by atoms with van der Waals surface area (Å²) in [6.45, 7) is 2.03. The van der Waals surface area contributed by atoms with Gasteiger partial charge in [-0.2, -0.15) is 30.6 Å². The van der Waals surface area contributed by atoms with Crippen LogP contribution in [-0.2, 0) is 28.1 Å². The number of imidazole rings is 1. The van der Waals surface area contributed by atoms with Gasteiger partial charge in [0.05, 0.1) is 0 Å². The maximum Gasteiger partial charge on any atom is 0.212 e. The third-order valence-corrected chi connectivity index (χ3v) is 6.49. The van der Waals surface area contributed by atoms with Crippen LogP contribution in [0.1, 0.15) is 0 Å². The van der Waals surface area contributed by atoms with E-state index in [2.05, 4.69) is 66.8 Å². The van der Waals surface area contributed by atoms with Gasteiger partial charge in [0.15, 0.2) is 0 Å². The first-order chi connectivity index (χ1) is 17.7. The molecule has 0 unspecified atom stereocenters. The standard InChI is InChI=1S/C29H21N6O.Pt/c1-32-16-15-31-29(32)35-24-8-4-3-7-22(24)23-12-11-21(18-27(23)35)36-28-17-20(13-14-30-28)34-19-33(2)25-9-5-6-10-26(25)34;/h3-16,19H,1-2H3;/q-3;. The van der Waals surface area contributed by atoms with Gasteiger partial charge in [0.2, 0.25) is 5.95 Å². The summed E-state index contributed by atoms with van der Waals surface area (Å²) in [5.74, 6) is 1.75. The van der Waals surface area contributed by atoms with E-state index in [1.165, 1.54) is 0 Å². The predicted octanol–water partition coefficient (Wildman–Crippen LogP) is 6.01. The quantitative estimate of drug-likeness (QED) is 0.216. The molecular weight excluding hydrogens is 643 g/mol. The minimum Gasteiger partial charge on any atom is -0.504 e. The molecule has 0 saturated carbocycles. The third kappa shape index (κ3) is 3.78. The van der Waals surface area contributed by atoms with E-state index >= 15 is 0 Å². The summed E-state index contributed by atoms with van der Waals surface area (Å²) in [6.07, 6.45) is 5.47. The molecule has 0 radical (unpaired) electrons. The summed E-state index contributed by atoms with van der Waals surface area (Å²) < 4.78 is 10.3. The van der Waals surface area contributed by atoms with Gasteiger partial charge in [0, 0.05) is 63.1 Å². The van der Waals surface area contributed by atoms with Gasteiger partial charge in [-0.05, 0) is 36.8 Å². The van der Waals surface area contributed by atoms with Crippen molar-refractivity contribution >= 4 is 38.9 Å². The van der Waals surface area contributed by atoms with Crippen LogP contribution < -0.4 is 14.5 Å². The molecule has 0 spiro atoms. The van der Waals surface area contributed by atoms with E-state index in [0.717, 1.165) is 44.8 Å². The van der Waals surface area contributed by atoms with Crippen LogP contribution in [-0.4, -0.2) is 26.1 Å². The van der Waals surface area contributed by atoms with Crippen molar-refractivity contribution in [2.24, 2.45) is 7.05 Å². The Bertz CT molecular complexity index is 1760. The molecule has 1 aliphatic heterocycles. The second-order valence-electron chi connectivity index (χ2n) is 8.72. The van der Waals surface area contributed by atoms with Gasteiger partial charge in [0.1, 0.15) is 5.88 Å². The molecule has 37 heavy (non-hydrogen) atoms. The van der Waals surface area contributed by atoms with Gasteiger partial charge in [-0.15, -0.1) is 17.5 Å². The largest absolute Gasteiger partial charge is 0.504 e. The van der Waals surface area contributed by atoms with Gasteiger partial charge < -0.3 is 23.7 Å².